The van der Waals surface area contributed by atoms with E-state index in [1.807, 2.05) is 30.3 Å². The van der Waals surface area contributed by atoms with Crippen molar-refractivity contribution in [2.24, 2.45) is 0 Å². The summed E-state index contributed by atoms with van der Waals surface area (Å²) in [5, 5.41) is 14.3. The lowest BCUT2D eigenvalue weighted by atomic mass is 10.1. The highest BCUT2D eigenvalue weighted by Crippen LogP contribution is 2.38. The zero-order valence-corrected chi connectivity index (χ0v) is 17.6. The van der Waals surface area contributed by atoms with Crippen LogP contribution in [0.2, 0.25) is 0 Å². The van der Waals surface area contributed by atoms with E-state index >= 15 is 0 Å². The van der Waals surface area contributed by atoms with Crippen molar-refractivity contribution in [1.82, 2.24) is 0 Å². The third-order valence-electron chi connectivity index (χ3n) is 5.54. The minimum atomic E-state index is -0.590. The Morgan fingerprint density at radius 2 is 1.70 bits per heavy atom. The first-order chi connectivity index (χ1) is 16.0. The van der Waals surface area contributed by atoms with Gasteiger partial charge in [-0.15, -0.1) is 0 Å². The molecule has 4 aromatic rings. The molecule has 8 heteroatoms. The predicted octanol–water partition coefficient (Wildman–Crippen LogP) is 5.63. The number of nitrogens with one attached hydrogen (secondary N) is 1. The number of rotatable bonds is 5. The third kappa shape index (κ3) is 3.67. The molecule has 8 nitrogen and oxygen atoms in total. The van der Waals surface area contributed by atoms with E-state index in [0.29, 0.717) is 39.8 Å². The monoisotopic (exact) mass is 441 g/mol. The molecule has 0 spiro atoms. The van der Waals surface area contributed by atoms with Gasteiger partial charge in [0.15, 0.2) is 6.17 Å². The Morgan fingerprint density at radius 1 is 0.970 bits per heavy atom. The van der Waals surface area contributed by atoms with Crippen LogP contribution in [0.5, 0.6) is 5.75 Å². The van der Waals surface area contributed by atoms with E-state index in [4.69, 9.17) is 9.15 Å². The molecule has 0 fully saturated rings. The maximum absolute atomic E-state index is 13.5. The van der Waals surface area contributed by atoms with Gasteiger partial charge in [-0.1, -0.05) is 12.1 Å². The highest BCUT2D eigenvalue weighted by atomic mass is 16.6. The van der Waals surface area contributed by atoms with E-state index in [1.165, 1.54) is 12.1 Å². The van der Waals surface area contributed by atoms with Crippen LogP contribution in [0.4, 0.5) is 17.1 Å². The topological polar surface area (TPSA) is 97.8 Å². The van der Waals surface area contributed by atoms with Crippen molar-refractivity contribution in [3.8, 4) is 17.1 Å². The van der Waals surface area contributed by atoms with Gasteiger partial charge in [-0.2, -0.15) is 0 Å². The SMILES string of the molecule is COc1ccc(N2C(=O)c3ccccc3NC2c2ccc(-c3ccc([N+](=O)[O-])cc3)o2)cc1. The maximum Gasteiger partial charge on any atom is 0.269 e. The van der Waals surface area contributed by atoms with E-state index in [-0.39, 0.29) is 11.6 Å². The Balaban J connectivity index is 1.54. The van der Waals surface area contributed by atoms with Gasteiger partial charge < -0.3 is 14.5 Å². The lowest BCUT2D eigenvalue weighted by Gasteiger charge is -2.36. The molecule has 1 aromatic heterocycles. The number of ether oxygens (including phenoxy) is 1. The maximum atomic E-state index is 13.5. The molecule has 0 bridgehead atoms. The van der Waals surface area contributed by atoms with Crippen LogP contribution in [0.15, 0.2) is 89.3 Å². The van der Waals surface area contributed by atoms with Gasteiger partial charge >= 0.3 is 0 Å². The molecule has 2 heterocycles. The van der Waals surface area contributed by atoms with Crippen molar-refractivity contribution >= 4 is 23.0 Å². The van der Waals surface area contributed by atoms with E-state index < -0.39 is 11.1 Å². The van der Waals surface area contributed by atoms with E-state index in [0.717, 1.165) is 0 Å². The van der Waals surface area contributed by atoms with Gasteiger partial charge in [-0.3, -0.25) is 19.8 Å². The van der Waals surface area contributed by atoms with Crippen molar-refractivity contribution in [2.45, 2.75) is 6.17 Å². The minimum absolute atomic E-state index is 0.00682. The molecule has 0 radical (unpaired) electrons. The summed E-state index contributed by atoms with van der Waals surface area (Å²) in [5.41, 5.74) is 2.66. The number of benzene rings is 3. The lowest BCUT2D eigenvalue weighted by molar-refractivity contribution is -0.384. The van der Waals surface area contributed by atoms with Gasteiger partial charge in [-0.05, 0) is 60.7 Å². The first-order valence-electron chi connectivity index (χ1n) is 10.2. The van der Waals surface area contributed by atoms with Crippen LogP contribution in [-0.4, -0.2) is 17.9 Å². The zero-order valence-electron chi connectivity index (χ0n) is 17.6. The van der Waals surface area contributed by atoms with E-state index in [9.17, 15) is 14.9 Å². The largest absolute Gasteiger partial charge is 0.497 e. The summed E-state index contributed by atoms with van der Waals surface area (Å²) in [6.45, 7) is 0. The number of methoxy groups -OCH3 is 1. The molecule has 1 aliphatic heterocycles. The molecule has 0 saturated carbocycles. The standard InChI is InChI=1S/C25H19N3O5/c1-32-19-12-10-17(11-13-19)27-24(26-21-5-3-2-4-20(21)25(27)29)23-15-14-22(33-23)16-6-8-18(9-7-16)28(30)31/h2-15,24,26H,1H3. The Bertz CT molecular complexity index is 1330. The van der Waals surface area contributed by atoms with E-state index in [1.54, 1.807) is 54.5 Å². The number of non-ortho nitro benzene ring substituents is 1. The van der Waals surface area contributed by atoms with Crippen LogP contribution in [-0.2, 0) is 0 Å². The second kappa shape index (κ2) is 8.16. The summed E-state index contributed by atoms with van der Waals surface area (Å²) < 4.78 is 11.4. The Labute approximate surface area is 189 Å². The normalized spacial score (nSPS) is 15.0. The predicted molar refractivity (Wildman–Crippen MR) is 123 cm³/mol. The fraction of sp³-hybridized carbons (Fsp3) is 0.0800. The smallest absolute Gasteiger partial charge is 0.269 e. The molecule has 0 aliphatic carbocycles. The molecule has 1 aliphatic rings. The summed E-state index contributed by atoms with van der Waals surface area (Å²) in [6, 6.07) is 24.3. The summed E-state index contributed by atoms with van der Waals surface area (Å²) in [4.78, 5) is 25.6. The van der Waals surface area contributed by atoms with Gasteiger partial charge in [0.25, 0.3) is 11.6 Å². The number of nitro groups is 1. The van der Waals surface area contributed by atoms with Crippen LogP contribution < -0.4 is 15.0 Å². The fourth-order valence-electron chi connectivity index (χ4n) is 3.86. The second-order valence-corrected chi connectivity index (χ2v) is 7.47. The van der Waals surface area contributed by atoms with Gasteiger partial charge in [0, 0.05) is 29.1 Å². The van der Waals surface area contributed by atoms with Crippen molar-refractivity contribution in [1.29, 1.82) is 0 Å². The van der Waals surface area contributed by atoms with Crippen molar-refractivity contribution in [3.05, 3.63) is 106 Å². The molecular weight excluding hydrogens is 422 g/mol. The summed E-state index contributed by atoms with van der Waals surface area (Å²) >= 11 is 0. The van der Waals surface area contributed by atoms with Crippen molar-refractivity contribution < 1.29 is 18.9 Å². The van der Waals surface area contributed by atoms with Gasteiger partial charge in [-0.25, -0.2) is 0 Å². The molecule has 1 amide bonds. The quantitative estimate of drug-likeness (QED) is 0.318. The molecule has 164 valence electrons. The highest BCUT2D eigenvalue weighted by molar-refractivity contribution is 6.12. The number of nitrogens with zero attached hydrogens (tertiary/aromatic N) is 2. The molecule has 1 N–H and O–H groups in total. The fourth-order valence-corrected chi connectivity index (χ4v) is 3.86. The number of carbonyl (C=O) groups is 1. The van der Waals surface area contributed by atoms with Crippen molar-refractivity contribution in [3.63, 3.8) is 0 Å². The Kier molecular flexibility index (Phi) is 5.02. The second-order valence-electron chi connectivity index (χ2n) is 7.47. The number of hydrogen-bond acceptors (Lipinski definition) is 6. The summed E-state index contributed by atoms with van der Waals surface area (Å²) in [7, 11) is 1.59. The number of para-hydroxylation sites is 1. The number of nitro benzene ring substituents is 1. The van der Waals surface area contributed by atoms with Crippen LogP contribution in [0, 0.1) is 10.1 Å². The van der Waals surface area contributed by atoms with Crippen LogP contribution in [0.3, 0.4) is 0 Å². The Hall–Kier alpha value is -4.59. The molecule has 1 unspecified atom stereocenters. The van der Waals surface area contributed by atoms with Gasteiger partial charge in [0.1, 0.15) is 17.3 Å². The first-order valence-corrected chi connectivity index (χ1v) is 10.2. The summed E-state index contributed by atoms with van der Waals surface area (Å²) in [6.07, 6.45) is -0.590. The number of amides is 1. The minimum Gasteiger partial charge on any atom is -0.497 e. The first kappa shape index (κ1) is 20.3. The average molecular weight is 441 g/mol. The molecule has 5 rings (SSSR count). The van der Waals surface area contributed by atoms with E-state index in [2.05, 4.69) is 5.32 Å². The molecule has 0 saturated heterocycles. The lowest BCUT2D eigenvalue weighted by Crippen LogP contribution is -2.43. The Morgan fingerprint density at radius 3 is 2.39 bits per heavy atom. The molecule has 1 atom stereocenters. The van der Waals surface area contributed by atoms with Crippen LogP contribution in [0.25, 0.3) is 11.3 Å². The van der Waals surface area contributed by atoms with Crippen LogP contribution >= 0.6 is 0 Å². The number of hydrogen-bond donors (Lipinski definition) is 1. The number of furan rings is 1. The van der Waals surface area contributed by atoms with Crippen molar-refractivity contribution in [2.75, 3.05) is 17.3 Å². The van der Waals surface area contributed by atoms with Gasteiger partial charge in [0.05, 0.1) is 17.6 Å². The molecular formula is C25H19N3O5. The number of carbonyl (C=O) groups excluding carboxylic acids is 1. The molecule has 33 heavy (non-hydrogen) atoms. The third-order valence-corrected chi connectivity index (χ3v) is 5.54. The number of fused-ring (bicyclic) bond motifs is 1. The summed E-state index contributed by atoms with van der Waals surface area (Å²) in [5.74, 6) is 1.60. The number of anilines is 2. The zero-order chi connectivity index (χ0) is 22.9. The van der Waals surface area contributed by atoms with Gasteiger partial charge in [0.2, 0.25) is 0 Å². The highest BCUT2D eigenvalue weighted by Gasteiger charge is 2.35. The van der Waals surface area contributed by atoms with Crippen LogP contribution in [0.1, 0.15) is 22.3 Å². The average Bonchev–Trinajstić information content (AvgIpc) is 3.34. The molecule has 3 aromatic carbocycles.